The Labute approximate surface area is 166 Å². The van der Waals surface area contributed by atoms with E-state index in [2.05, 4.69) is 0 Å². The van der Waals surface area contributed by atoms with Crippen molar-refractivity contribution >= 4 is 23.7 Å². The summed E-state index contributed by atoms with van der Waals surface area (Å²) >= 11 is 0. The van der Waals surface area contributed by atoms with Gasteiger partial charge in [-0.25, -0.2) is 4.79 Å². The zero-order valence-corrected chi connectivity index (χ0v) is 15.6. The molecule has 2 aromatic rings. The molecule has 0 saturated carbocycles. The Morgan fingerprint density at radius 3 is 2.66 bits per heavy atom. The van der Waals surface area contributed by atoms with Gasteiger partial charge in [0.1, 0.15) is 5.76 Å². The van der Waals surface area contributed by atoms with Crippen molar-refractivity contribution in [1.82, 2.24) is 9.80 Å². The Kier molecular flexibility index (Phi) is 5.74. The van der Waals surface area contributed by atoms with Crippen molar-refractivity contribution in [2.45, 2.75) is 13.0 Å². The Morgan fingerprint density at radius 2 is 1.97 bits per heavy atom. The third-order valence-corrected chi connectivity index (χ3v) is 4.41. The second kappa shape index (κ2) is 8.39. The lowest BCUT2D eigenvalue weighted by atomic mass is 10.1. The van der Waals surface area contributed by atoms with Crippen molar-refractivity contribution in [3.05, 3.63) is 59.0 Å². The number of amides is 3. The number of imide groups is 1. The Hall–Kier alpha value is -3.93. The number of esters is 1. The molecule has 148 valence electrons. The average Bonchev–Trinajstić information content (AvgIpc) is 3.32. The monoisotopic (exact) mass is 395 g/mol. The molecule has 29 heavy (non-hydrogen) atoms. The van der Waals surface area contributed by atoms with E-state index in [1.54, 1.807) is 12.1 Å². The standard InChI is InChI=1S/C20H17N3O6/c1-22(8-3-7-21)17(24)12-29-20(27)13-5-6-15-16(10-13)19(26)23(18(15)25)11-14-4-2-9-28-14/h2,4-6,9-10H,3,8,11-12H2,1H3. The summed E-state index contributed by atoms with van der Waals surface area (Å²) in [5.41, 5.74) is 0.330. The van der Waals surface area contributed by atoms with Crippen molar-refractivity contribution in [2.75, 3.05) is 20.2 Å². The molecule has 3 amide bonds. The molecule has 0 bridgehead atoms. The summed E-state index contributed by atoms with van der Waals surface area (Å²) < 4.78 is 10.2. The van der Waals surface area contributed by atoms with Gasteiger partial charge in [0, 0.05) is 13.6 Å². The number of nitriles is 1. The molecular formula is C20H17N3O6. The lowest BCUT2D eigenvalue weighted by molar-refractivity contribution is -0.133. The number of carbonyl (C=O) groups is 4. The van der Waals surface area contributed by atoms with Crippen LogP contribution in [0.5, 0.6) is 0 Å². The summed E-state index contributed by atoms with van der Waals surface area (Å²) in [6.07, 6.45) is 1.62. The van der Waals surface area contributed by atoms with Crippen molar-refractivity contribution in [3.8, 4) is 6.07 Å². The fraction of sp³-hybridized carbons (Fsp3) is 0.250. The normalized spacial score (nSPS) is 12.5. The van der Waals surface area contributed by atoms with Crippen LogP contribution < -0.4 is 0 Å². The molecule has 2 heterocycles. The fourth-order valence-electron chi connectivity index (χ4n) is 2.78. The highest BCUT2D eigenvalue weighted by atomic mass is 16.5. The molecule has 0 fully saturated rings. The first-order chi connectivity index (χ1) is 13.9. The topological polar surface area (TPSA) is 121 Å². The molecule has 0 unspecified atom stereocenters. The van der Waals surface area contributed by atoms with Gasteiger partial charge in [-0.15, -0.1) is 0 Å². The Balaban J connectivity index is 1.67. The van der Waals surface area contributed by atoms with E-state index in [-0.39, 0.29) is 36.2 Å². The first-order valence-electron chi connectivity index (χ1n) is 8.73. The van der Waals surface area contributed by atoms with Crippen LogP contribution in [0.4, 0.5) is 0 Å². The van der Waals surface area contributed by atoms with Crippen LogP contribution in [0.15, 0.2) is 41.0 Å². The van der Waals surface area contributed by atoms with Gasteiger partial charge in [-0.1, -0.05) is 0 Å². The minimum absolute atomic E-state index is 0.0112. The highest BCUT2D eigenvalue weighted by Gasteiger charge is 2.36. The van der Waals surface area contributed by atoms with Crippen LogP contribution in [-0.2, 0) is 16.1 Å². The molecule has 9 nitrogen and oxygen atoms in total. The largest absolute Gasteiger partial charge is 0.467 e. The molecule has 1 aromatic carbocycles. The molecule has 1 aromatic heterocycles. The van der Waals surface area contributed by atoms with Crippen molar-refractivity contribution < 1.29 is 28.3 Å². The van der Waals surface area contributed by atoms with Crippen molar-refractivity contribution in [1.29, 1.82) is 5.26 Å². The summed E-state index contributed by atoms with van der Waals surface area (Å²) in [4.78, 5) is 51.5. The second-order valence-corrected chi connectivity index (χ2v) is 6.34. The molecule has 3 rings (SSSR count). The average molecular weight is 395 g/mol. The number of hydrogen-bond acceptors (Lipinski definition) is 7. The highest BCUT2D eigenvalue weighted by Crippen LogP contribution is 2.26. The van der Waals surface area contributed by atoms with E-state index < -0.39 is 30.3 Å². The number of furan rings is 1. The van der Waals surface area contributed by atoms with Crippen LogP contribution in [0.25, 0.3) is 0 Å². The number of hydrogen-bond donors (Lipinski definition) is 0. The summed E-state index contributed by atoms with van der Waals surface area (Å²) in [7, 11) is 1.50. The predicted octanol–water partition coefficient (Wildman–Crippen LogP) is 1.60. The highest BCUT2D eigenvalue weighted by molar-refractivity contribution is 6.21. The maximum Gasteiger partial charge on any atom is 0.338 e. The van der Waals surface area contributed by atoms with E-state index in [9.17, 15) is 19.2 Å². The van der Waals surface area contributed by atoms with Crippen LogP contribution >= 0.6 is 0 Å². The van der Waals surface area contributed by atoms with Gasteiger partial charge in [-0.05, 0) is 30.3 Å². The van der Waals surface area contributed by atoms with Crippen LogP contribution in [0.2, 0.25) is 0 Å². The Bertz CT molecular complexity index is 1010. The van der Waals surface area contributed by atoms with Gasteiger partial charge in [0.15, 0.2) is 6.61 Å². The van der Waals surface area contributed by atoms with E-state index in [0.717, 1.165) is 4.90 Å². The molecule has 0 aliphatic carbocycles. The van der Waals surface area contributed by atoms with Gasteiger partial charge in [0.05, 0.1) is 42.0 Å². The van der Waals surface area contributed by atoms with E-state index in [0.29, 0.717) is 5.76 Å². The lowest BCUT2D eigenvalue weighted by Gasteiger charge is -2.15. The third-order valence-electron chi connectivity index (χ3n) is 4.41. The van der Waals surface area contributed by atoms with Gasteiger partial charge in [-0.3, -0.25) is 19.3 Å². The number of carbonyl (C=O) groups excluding carboxylic acids is 4. The quantitative estimate of drug-likeness (QED) is 0.516. The molecule has 0 atom stereocenters. The maximum atomic E-state index is 12.6. The first kappa shape index (κ1) is 19.8. The second-order valence-electron chi connectivity index (χ2n) is 6.34. The number of likely N-dealkylation sites (N-methyl/N-ethyl adjacent to an activating group) is 1. The first-order valence-corrected chi connectivity index (χ1v) is 8.73. The van der Waals surface area contributed by atoms with Crippen molar-refractivity contribution in [2.24, 2.45) is 0 Å². The van der Waals surface area contributed by atoms with E-state index in [4.69, 9.17) is 14.4 Å². The minimum atomic E-state index is -0.792. The lowest BCUT2D eigenvalue weighted by Crippen LogP contribution is -2.31. The molecular weight excluding hydrogens is 378 g/mol. The summed E-state index contributed by atoms with van der Waals surface area (Å²) in [6.45, 7) is -0.272. The van der Waals surface area contributed by atoms with Crippen molar-refractivity contribution in [3.63, 3.8) is 0 Å². The van der Waals surface area contributed by atoms with Gasteiger partial charge in [0.25, 0.3) is 17.7 Å². The fourth-order valence-corrected chi connectivity index (χ4v) is 2.78. The van der Waals surface area contributed by atoms with Crippen LogP contribution in [-0.4, -0.2) is 53.7 Å². The summed E-state index contributed by atoms with van der Waals surface area (Å²) in [5, 5.41) is 8.54. The van der Waals surface area contributed by atoms with Gasteiger partial charge < -0.3 is 14.1 Å². The number of rotatable bonds is 7. The number of fused-ring (bicyclic) bond motifs is 1. The van der Waals surface area contributed by atoms with Gasteiger partial charge in [-0.2, -0.15) is 5.26 Å². The van der Waals surface area contributed by atoms with Gasteiger partial charge >= 0.3 is 5.97 Å². The minimum Gasteiger partial charge on any atom is -0.467 e. The molecule has 0 radical (unpaired) electrons. The summed E-state index contributed by atoms with van der Waals surface area (Å²) in [5.74, 6) is -1.80. The SMILES string of the molecule is CN(CCC#N)C(=O)COC(=O)c1ccc2c(c1)C(=O)N(Cc1ccco1)C2=O. The predicted molar refractivity (Wildman–Crippen MR) is 97.5 cm³/mol. The summed E-state index contributed by atoms with van der Waals surface area (Å²) in [6, 6.07) is 9.26. The molecule has 0 saturated heterocycles. The third kappa shape index (κ3) is 4.16. The van der Waals surface area contributed by atoms with Crippen LogP contribution in [0, 0.1) is 11.3 Å². The molecule has 1 aliphatic heterocycles. The van der Waals surface area contributed by atoms with Crippen LogP contribution in [0.3, 0.4) is 0 Å². The molecule has 9 heteroatoms. The number of ether oxygens (including phenoxy) is 1. The Morgan fingerprint density at radius 1 is 1.21 bits per heavy atom. The smallest absolute Gasteiger partial charge is 0.338 e. The van der Waals surface area contributed by atoms with Gasteiger partial charge in [0.2, 0.25) is 0 Å². The molecule has 1 aliphatic rings. The van der Waals surface area contributed by atoms with E-state index in [1.807, 2.05) is 6.07 Å². The van der Waals surface area contributed by atoms with Crippen LogP contribution in [0.1, 0.15) is 43.3 Å². The number of nitrogens with zero attached hydrogens (tertiary/aromatic N) is 3. The maximum absolute atomic E-state index is 12.6. The number of benzene rings is 1. The zero-order valence-electron chi connectivity index (χ0n) is 15.6. The molecule has 0 spiro atoms. The zero-order chi connectivity index (χ0) is 21.0. The van der Waals surface area contributed by atoms with E-state index in [1.165, 1.54) is 36.4 Å². The van der Waals surface area contributed by atoms with E-state index >= 15 is 0 Å². The molecule has 0 N–H and O–H groups in total.